The fourth-order valence-electron chi connectivity index (χ4n) is 3.59. The molecule has 2 N–H and O–H groups in total. The fourth-order valence-corrected chi connectivity index (χ4v) is 7.17. The van der Waals surface area contributed by atoms with Crippen LogP contribution in [0.5, 0.6) is 11.5 Å². The van der Waals surface area contributed by atoms with Gasteiger partial charge in [0, 0.05) is 18.0 Å². The second-order valence-electron chi connectivity index (χ2n) is 7.75. The van der Waals surface area contributed by atoms with Crippen molar-refractivity contribution in [3.8, 4) is 11.5 Å². The van der Waals surface area contributed by atoms with Gasteiger partial charge in [-0.25, -0.2) is 10.0 Å². The molecule has 0 aliphatic carbocycles. The molecule has 2 aromatic carbocycles. The average Bonchev–Trinajstić information content (AvgIpc) is 3.34. The molecule has 2 heterocycles. The third-order valence-corrected chi connectivity index (χ3v) is 9.02. The minimum Gasteiger partial charge on any atom is -0.507 e. The van der Waals surface area contributed by atoms with Crippen LogP contribution in [0, 0.1) is 0 Å². The van der Waals surface area contributed by atoms with Gasteiger partial charge in [0.15, 0.2) is 0 Å². The number of benzene rings is 2. The van der Waals surface area contributed by atoms with Crippen LogP contribution in [0.25, 0.3) is 0 Å². The molecule has 2 aliphatic rings. The summed E-state index contributed by atoms with van der Waals surface area (Å²) >= 11 is 3.71. The van der Waals surface area contributed by atoms with Gasteiger partial charge in [0.05, 0.1) is 18.9 Å². The fraction of sp³-hybridized carbons (Fsp3) is 0.333. The summed E-state index contributed by atoms with van der Waals surface area (Å²) < 4.78 is 0.507. The molecule has 33 heavy (non-hydrogen) atoms. The number of unbranched alkanes of at least 4 members (excludes halogenated alkanes) is 2. The summed E-state index contributed by atoms with van der Waals surface area (Å²) in [5, 5.41) is 24.7. The van der Waals surface area contributed by atoms with Gasteiger partial charge in [-0.2, -0.15) is 0 Å². The lowest BCUT2D eigenvalue weighted by Gasteiger charge is -2.27. The second kappa shape index (κ2) is 10.4. The van der Waals surface area contributed by atoms with Gasteiger partial charge in [0.2, 0.25) is 0 Å². The molecule has 2 aliphatic heterocycles. The zero-order valence-electron chi connectivity index (χ0n) is 18.5. The van der Waals surface area contributed by atoms with Crippen LogP contribution < -0.4 is 0 Å². The van der Waals surface area contributed by atoms with Gasteiger partial charge in [-0.1, -0.05) is 80.2 Å². The SMILES string of the molecule is CCCCN1C(=O)C(=C2Sc3c(O)cc(Sc4ccccc4)c(O)c3S2)C(=O)N1CCCC. The maximum absolute atomic E-state index is 13.3. The molecular formula is C24H26N2O4S3. The van der Waals surface area contributed by atoms with Crippen molar-refractivity contribution in [3.63, 3.8) is 0 Å². The molecule has 1 saturated heterocycles. The lowest BCUT2D eigenvalue weighted by atomic mass is 10.3. The lowest BCUT2D eigenvalue weighted by molar-refractivity contribution is -0.147. The summed E-state index contributed by atoms with van der Waals surface area (Å²) in [6.07, 6.45) is 3.47. The Bertz CT molecular complexity index is 1080. The van der Waals surface area contributed by atoms with E-state index in [1.54, 1.807) is 10.0 Å². The Labute approximate surface area is 206 Å². The Balaban J connectivity index is 1.67. The molecule has 6 nitrogen and oxygen atoms in total. The van der Waals surface area contributed by atoms with Gasteiger partial charge in [-0.05, 0) is 31.0 Å². The number of fused-ring (bicyclic) bond motifs is 1. The van der Waals surface area contributed by atoms with E-state index in [4.69, 9.17) is 0 Å². The van der Waals surface area contributed by atoms with E-state index < -0.39 is 0 Å². The Morgan fingerprint density at radius 3 is 2.03 bits per heavy atom. The predicted octanol–water partition coefficient (Wildman–Crippen LogP) is 5.84. The Morgan fingerprint density at radius 2 is 1.45 bits per heavy atom. The molecule has 0 saturated carbocycles. The van der Waals surface area contributed by atoms with Gasteiger partial charge in [-0.3, -0.25) is 9.59 Å². The molecule has 0 bridgehead atoms. The number of rotatable bonds is 8. The van der Waals surface area contributed by atoms with Crippen LogP contribution in [0.4, 0.5) is 0 Å². The molecule has 4 rings (SSSR count). The highest BCUT2D eigenvalue weighted by atomic mass is 32.2. The highest BCUT2D eigenvalue weighted by molar-refractivity contribution is 8.25. The number of hydrazine groups is 1. The van der Waals surface area contributed by atoms with Crippen molar-refractivity contribution in [2.24, 2.45) is 0 Å². The number of phenols is 2. The summed E-state index contributed by atoms with van der Waals surface area (Å²) in [5.74, 6) is -0.526. The number of nitrogens with zero attached hydrogens (tertiary/aromatic N) is 2. The number of thioether (sulfide) groups is 2. The van der Waals surface area contributed by atoms with Gasteiger partial charge in [0.1, 0.15) is 17.1 Å². The van der Waals surface area contributed by atoms with E-state index in [1.165, 1.54) is 41.4 Å². The summed E-state index contributed by atoms with van der Waals surface area (Å²) in [6.45, 7) is 5.10. The lowest BCUT2D eigenvalue weighted by Crippen LogP contribution is -2.42. The number of phenolic OH excluding ortho intramolecular Hbond substituents is 2. The first-order chi connectivity index (χ1) is 16.0. The minimum absolute atomic E-state index is 0.0258. The van der Waals surface area contributed by atoms with Crippen molar-refractivity contribution < 1.29 is 19.8 Å². The first-order valence-electron chi connectivity index (χ1n) is 11.0. The van der Waals surface area contributed by atoms with Gasteiger partial charge >= 0.3 is 0 Å². The molecule has 0 spiro atoms. The molecule has 1 fully saturated rings. The standard InChI is InChI=1S/C24H26N2O4S3/c1-3-5-12-25-22(29)18(23(30)26(25)13-6-4-2)24-32-20-16(27)14-17(19(28)21(20)33-24)31-15-10-8-7-9-11-15/h7-11,14,27-28H,3-6,12-13H2,1-2H3. The van der Waals surface area contributed by atoms with E-state index in [9.17, 15) is 19.8 Å². The monoisotopic (exact) mass is 502 g/mol. The van der Waals surface area contributed by atoms with E-state index in [0.29, 0.717) is 32.0 Å². The maximum atomic E-state index is 13.3. The van der Waals surface area contributed by atoms with Gasteiger partial charge < -0.3 is 10.2 Å². The highest BCUT2D eigenvalue weighted by Crippen LogP contribution is 2.61. The quantitative estimate of drug-likeness (QED) is 0.266. The number of aromatic hydroxyl groups is 2. The molecular weight excluding hydrogens is 476 g/mol. The second-order valence-corrected chi connectivity index (χ2v) is 11.2. The van der Waals surface area contributed by atoms with E-state index in [1.807, 2.05) is 44.2 Å². The maximum Gasteiger partial charge on any atom is 0.279 e. The molecule has 174 valence electrons. The number of amides is 2. The van der Waals surface area contributed by atoms with Crippen LogP contribution in [0.2, 0.25) is 0 Å². The summed E-state index contributed by atoms with van der Waals surface area (Å²) in [4.78, 5) is 28.9. The van der Waals surface area contributed by atoms with E-state index in [-0.39, 0.29) is 28.9 Å². The number of hydrogen-bond donors (Lipinski definition) is 2. The topological polar surface area (TPSA) is 81.1 Å². The molecule has 0 radical (unpaired) electrons. The molecule has 0 aromatic heterocycles. The molecule has 0 unspecified atom stereocenters. The Kier molecular flexibility index (Phi) is 7.51. The Hall–Kier alpha value is -2.23. The summed E-state index contributed by atoms with van der Waals surface area (Å²) in [5.41, 5.74) is 0.129. The largest absolute Gasteiger partial charge is 0.507 e. The average molecular weight is 503 g/mol. The number of hydrogen-bond acceptors (Lipinski definition) is 7. The van der Waals surface area contributed by atoms with Crippen molar-refractivity contribution in [1.29, 1.82) is 0 Å². The third-order valence-electron chi connectivity index (χ3n) is 5.35. The van der Waals surface area contributed by atoms with Crippen molar-refractivity contribution in [2.45, 2.75) is 59.1 Å². The van der Waals surface area contributed by atoms with Crippen LogP contribution in [-0.2, 0) is 9.59 Å². The molecule has 0 atom stereocenters. The number of carbonyl (C=O) groups excluding carboxylic acids is 2. The van der Waals surface area contributed by atoms with Gasteiger partial charge in [0.25, 0.3) is 11.8 Å². The first kappa shape index (κ1) is 23.9. The normalized spacial score (nSPS) is 15.7. The third kappa shape index (κ3) is 4.72. The van der Waals surface area contributed by atoms with Crippen LogP contribution in [0.1, 0.15) is 39.5 Å². The highest BCUT2D eigenvalue weighted by Gasteiger charge is 2.44. The van der Waals surface area contributed by atoms with Gasteiger partial charge in [-0.15, -0.1) is 0 Å². The zero-order valence-corrected chi connectivity index (χ0v) is 21.0. The van der Waals surface area contributed by atoms with Crippen LogP contribution in [-0.4, -0.2) is 45.1 Å². The van der Waals surface area contributed by atoms with E-state index >= 15 is 0 Å². The van der Waals surface area contributed by atoms with Crippen LogP contribution >= 0.6 is 35.3 Å². The predicted molar refractivity (Wildman–Crippen MR) is 132 cm³/mol. The molecule has 2 amide bonds. The zero-order chi connectivity index (χ0) is 23.5. The first-order valence-corrected chi connectivity index (χ1v) is 13.5. The smallest absolute Gasteiger partial charge is 0.279 e. The van der Waals surface area contributed by atoms with Crippen molar-refractivity contribution in [2.75, 3.05) is 13.1 Å². The van der Waals surface area contributed by atoms with E-state index in [0.717, 1.165) is 30.6 Å². The summed E-state index contributed by atoms with van der Waals surface area (Å²) in [7, 11) is 0. The summed E-state index contributed by atoms with van der Waals surface area (Å²) in [6, 6.07) is 11.1. The van der Waals surface area contributed by atoms with Crippen molar-refractivity contribution in [1.82, 2.24) is 10.0 Å². The van der Waals surface area contributed by atoms with E-state index in [2.05, 4.69) is 0 Å². The van der Waals surface area contributed by atoms with Crippen LogP contribution in [0.3, 0.4) is 0 Å². The molecule has 9 heteroatoms. The van der Waals surface area contributed by atoms with Crippen LogP contribution in [0.15, 0.2) is 65.8 Å². The number of carbonyl (C=O) groups is 2. The van der Waals surface area contributed by atoms with Crippen molar-refractivity contribution in [3.05, 3.63) is 46.2 Å². The van der Waals surface area contributed by atoms with Crippen molar-refractivity contribution >= 4 is 47.1 Å². The Morgan fingerprint density at radius 1 is 0.879 bits per heavy atom. The molecule has 2 aromatic rings. The minimum atomic E-state index is -0.301.